The summed E-state index contributed by atoms with van der Waals surface area (Å²) >= 11 is 2.84. The van der Waals surface area contributed by atoms with Gasteiger partial charge < -0.3 is 7.96 Å². The van der Waals surface area contributed by atoms with Gasteiger partial charge in [0.05, 0.1) is 0 Å². The molecule has 0 aliphatic heterocycles. The third-order valence-electron chi connectivity index (χ3n) is 0.340. The minimum absolute atomic E-state index is 0. The SMILES string of the molecule is CC(Br)C(=O)O.[Ba+2].[H-].[H-]. The van der Waals surface area contributed by atoms with Crippen LogP contribution in [-0.2, 0) is 4.79 Å². The van der Waals surface area contributed by atoms with Crippen LogP contribution in [0.25, 0.3) is 0 Å². The maximum Gasteiger partial charge on any atom is 2.00 e. The molecule has 7 heavy (non-hydrogen) atoms. The van der Waals surface area contributed by atoms with Crippen LogP contribution in [0.3, 0.4) is 0 Å². The van der Waals surface area contributed by atoms with E-state index in [-0.39, 0.29) is 51.7 Å². The van der Waals surface area contributed by atoms with E-state index in [1.807, 2.05) is 0 Å². The van der Waals surface area contributed by atoms with Crippen LogP contribution in [0.15, 0.2) is 0 Å². The van der Waals surface area contributed by atoms with Gasteiger partial charge in [-0.1, -0.05) is 15.9 Å². The smallest absolute Gasteiger partial charge is 1.00 e. The van der Waals surface area contributed by atoms with Crippen molar-refractivity contribution in [3.63, 3.8) is 0 Å². The molecule has 0 heterocycles. The van der Waals surface area contributed by atoms with Crippen LogP contribution in [0.1, 0.15) is 9.78 Å². The van der Waals surface area contributed by atoms with E-state index in [0.29, 0.717) is 0 Å². The first kappa shape index (κ1) is 11.3. The maximum absolute atomic E-state index is 9.65. The van der Waals surface area contributed by atoms with Gasteiger partial charge in [-0.2, -0.15) is 0 Å². The zero-order valence-electron chi connectivity index (χ0n) is 6.02. The fourth-order valence-corrected chi connectivity index (χ4v) is 0. The number of carboxylic acid groups (broad SMARTS) is 1. The first-order chi connectivity index (χ1) is 2.64. The van der Waals surface area contributed by atoms with Crippen molar-refractivity contribution in [2.45, 2.75) is 11.8 Å². The number of alkyl halides is 1. The van der Waals surface area contributed by atoms with E-state index in [9.17, 15) is 4.79 Å². The predicted molar refractivity (Wildman–Crippen MR) is 34.0 cm³/mol. The van der Waals surface area contributed by atoms with Crippen molar-refractivity contribution >= 4 is 70.8 Å². The van der Waals surface area contributed by atoms with Crippen LogP contribution in [0.2, 0.25) is 0 Å². The van der Waals surface area contributed by atoms with Crippen LogP contribution in [0.5, 0.6) is 0 Å². The van der Waals surface area contributed by atoms with Crippen LogP contribution in [0, 0.1) is 0 Å². The van der Waals surface area contributed by atoms with Gasteiger partial charge in [0.1, 0.15) is 4.83 Å². The molecule has 0 rings (SSSR count). The second-order valence-electron chi connectivity index (χ2n) is 0.954. The molecule has 0 aromatic heterocycles. The summed E-state index contributed by atoms with van der Waals surface area (Å²) in [6.07, 6.45) is 0. The zero-order valence-corrected chi connectivity index (χ0v) is 10.0. The van der Waals surface area contributed by atoms with Crippen LogP contribution in [0.4, 0.5) is 0 Å². The summed E-state index contributed by atoms with van der Waals surface area (Å²) in [4.78, 5) is 9.23. The molecule has 0 bridgehead atoms. The van der Waals surface area contributed by atoms with Gasteiger partial charge in [-0.25, -0.2) is 0 Å². The fourth-order valence-electron chi connectivity index (χ4n) is 0. The van der Waals surface area contributed by atoms with E-state index in [1.54, 1.807) is 6.92 Å². The molecule has 0 aromatic carbocycles. The van der Waals surface area contributed by atoms with E-state index in [0.717, 1.165) is 0 Å². The van der Waals surface area contributed by atoms with E-state index in [1.165, 1.54) is 0 Å². The Morgan fingerprint density at radius 3 is 2.14 bits per heavy atom. The first-order valence-corrected chi connectivity index (χ1v) is 2.43. The molecule has 0 amide bonds. The van der Waals surface area contributed by atoms with Gasteiger partial charge in [-0.3, -0.25) is 4.79 Å². The zero-order chi connectivity index (χ0) is 5.15. The van der Waals surface area contributed by atoms with Crippen molar-refractivity contribution in [3.8, 4) is 0 Å². The monoisotopic (exact) mass is 292 g/mol. The van der Waals surface area contributed by atoms with E-state index >= 15 is 0 Å². The number of hydrogen-bond donors (Lipinski definition) is 1. The summed E-state index contributed by atoms with van der Waals surface area (Å²) in [7, 11) is 0. The Morgan fingerprint density at radius 1 is 2.00 bits per heavy atom. The number of carbonyl (C=O) groups is 1. The third-order valence-corrected chi connectivity index (χ3v) is 0.732. The number of carboxylic acids is 1. The van der Waals surface area contributed by atoms with Gasteiger partial charge in [0.2, 0.25) is 0 Å². The molecule has 0 fully saturated rings. The Morgan fingerprint density at radius 2 is 2.14 bits per heavy atom. The van der Waals surface area contributed by atoms with E-state index < -0.39 is 10.8 Å². The Labute approximate surface area is 93.8 Å². The number of halogens is 1. The van der Waals surface area contributed by atoms with Crippen molar-refractivity contribution in [2.75, 3.05) is 0 Å². The quantitative estimate of drug-likeness (QED) is 0.570. The Kier molecular flexibility index (Phi) is 9.16. The predicted octanol–water partition coefficient (Wildman–Crippen LogP) is 0.699. The van der Waals surface area contributed by atoms with Crippen LogP contribution >= 0.6 is 15.9 Å². The average molecular weight is 292 g/mol. The molecule has 0 saturated carbocycles. The Hall–Kier alpha value is 1.52. The number of rotatable bonds is 1. The normalized spacial score (nSPS) is 11.7. The van der Waals surface area contributed by atoms with Gasteiger partial charge in [-0.05, 0) is 6.92 Å². The van der Waals surface area contributed by atoms with Crippen molar-refractivity contribution in [1.29, 1.82) is 0 Å². The Bertz CT molecular complexity index is 70.8. The molecule has 2 nitrogen and oxygen atoms in total. The number of hydrogen-bond acceptors (Lipinski definition) is 1. The summed E-state index contributed by atoms with van der Waals surface area (Å²) in [5.74, 6) is -0.824. The molecule has 4 heteroatoms. The van der Waals surface area contributed by atoms with Gasteiger partial charge in [0.25, 0.3) is 0 Å². The van der Waals surface area contributed by atoms with Gasteiger partial charge in [0.15, 0.2) is 0 Å². The minimum atomic E-state index is -0.824. The standard InChI is InChI=1S/C3H5BrO2.Ba.2H/c1-2(4)3(5)6;;;/h2H,1H3,(H,5,6);;;/q;+2;2*-1. The molecule has 1 N–H and O–H groups in total. The minimum Gasteiger partial charge on any atom is -1.00 e. The molecular weight excluding hydrogens is 285 g/mol. The maximum atomic E-state index is 9.65. The van der Waals surface area contributed by atoms with Gasteiger partial charge in [0, 0.05) is 0 Å². The van der Waals surface area contributed by atoms with E-state index in [4.69, 9.17) is 5.11 Å². The molecule has 0 saturated heterocycles. The second-order valence-corrected chi connectivity index (χ2v) is 2.33. The molecule has 0 spiro atoms. The third kappa shape index (κ3) is 7.52. The largest absolute Gasteiger partial charge is 2.00 e. The molecular formula is C3H7BaBrO2. The first-order valence-electron chi connectivity index (χ1n) is 1.51. The average Bonchev–Trinajstić information content (AvgIpc) is 1.36. The topological polar surface area (TPSA) is 37.3 Å². The van der Waals surface area contributed by atoms with E-state index in [2.05, 4.69) is 15.9 Å². The molecule has 1 unspecified atom stereocenters. The van der Waals surface area contributed by atoms with Crippen molar-refractivity contribution in [2.24, 2.45) is 0 Å². The van der Waals surface area contributed by atoms with Crippen molar-refractivity contribution < 1.29 is 12.8 Å². The van der Waals surface area contributed by atoms with Crippen molar-refractivity contribution in [1.82, 2.24) is 0 Å². The van der Waals surface area contributed by atoms with Gasteiger partial charge in [-0.15, -0.1) is 0 Å². The van der Waals surface area contributed by atoms with Gasteiger partial charge >= 0.3 is 54.9 Å². The summed E-state index contributed by atoms with van der Waals surface area (Å²) in [5, 5.41) is 7.94. The summed E-state index contributed by atoms with van der Waals surface area (Å²) < 4.78 is 0. The summed E-state index contributed by atoms with van der Waals surface area (Å²) in [6, 6.07) is 0. The van der Waals surface area contributed by atoms with Crippen LogP contribution in [-0.4, -0.2) is 64.8 Å². The Balaban J connectivity index is -0.0000000417. The molecule has 1 atom stereocenters. The molecule has 0 aliphatic rings. The van der Waals surface area contributed by atoms with Crippen molar-refractivity contribution in [3.05, 3.63) is 0 Å². The second kappa shape index (κ2) is 5.65. The molecule has 40 valence electrons. The molecule has 0 aromatic rings. The fraction of sp³-hybridized carbons (Fsp3) is 0.667. The van der Waals surface area contributed by atoms with Crippen LogP contribution < -0.4 is 0 Å². The number of aliphatic carboxylic acids is 1. The molecule has 0 aliphatic carbocycles. The summed E-state index contributed by atoms with van der Waals surface area (Å²) in [5.41, 5.74) is 0. The summed E-state index contributed by atoms with van der Waals surface area (Å²) in [6.45, 7) is 1.56. The molecule has 0 radical (unpaired) electrons.